The van der Waals surface area contributed by atoms with Crippen molar-refractivity contribution >= 4 is 106 Å². The van der Waals surface area contributed by atoms with E-state index < -0.39 is 0 Å². The smallest absolute Gasteiger partial charge is 0.235 e. The Morgan fingerprint density at radius 2 is 1.02 bits per heavy atom. The van der Waals surface area contributed by atoms with Crippen molar-refractivity contribution in [1.29, 1.82) is 0 Å². The fourth-order valence-electron chi connectivity index (χ4n) is 8.52. The molecule has 3 nitrogen and oxygen atoms in total. The summed E-state index contributed by atoms with van der Waals surface area (Å²) >= 11 is 3.62. The minimum Gasteiger partial charge on any atom is -0.277 e. The van der Waals surface area contributed by atoms with E-state index in [1.807, 2.05) is 11.3 Å². The number of hydrogen-bond acceptors (Lipinski definition) is 4. The van der Waals surface area contributed by atoms with Crippen LogP contribution in [0, 0.1) is 0 Å². The Morgan fingerprint density at radius 3 is 1.83 bits per heavy atom. The predicted octanol–water partition coefficient (Wildman–Crippen LogP) is 13.9. The van der Waals surface area contributed by atoms with Crippen molar-refractivity contribution in [3.63, 3.8) is 0 Å². The van der Waals surface area contributed by atoms with Crippen LogP contribution in [0.2, 0.25) is 0 Å². The van der Waals surface area contributed by atoms with Crippen molar-refractivity contribution in [1.82, 2.24) is 14.5 Å². The van der Waals surface area contributed by atoms with Crippen LogP contribution in [0.25, 0.3) is 112 Å². The fourth-order valence-corrected chi connectivity index (χ4v) is 10.8. The number of fused-ring (bicyclic) bond motifs is 14. The Morgan fingerprint density at radius 1 is 0.396 bits per heavy atom. The highest BCUT2D eigenvalue weighted by molar-refractivity contribution is 7.26. The van der Waals surface area contributed by atoms with Gasteiger partial charge >= 0.3 is 0 Å². The molecule has 12 rings (SSSR count). The summed E-state index contributed by atoms with van der Waals surface area (Å²) < 4.78 is 7.30. The first-order valence-corrected chi connectivity index (χ1v) is 19.5. The van der Waals surface area contributed by atoms with Crippen LogP contribution in [0.5, 0.6) is 0 Å². The van der Waals surface area contributed by atoms with Crippen LogP contribution in [0.15, 0.2) is 164 Å². The molecular weight excluding hydrogens is 683 g/mol. The summed E-state index contributed by atoms with van der Waals surface area (Å²) in [6.45, 7) is 0. The van der Waals surface area contributed by atoms with E-state index in [2.05, 4.69) is 168 Å². The largest absolute Gasteiger partial charge is 0.277 e. The third kappa shape index (κ3) is 4.15. The molecule has 4 aromatic heterocycles. The van der Waals surface area contributed by atoms with Crippen LogP contribution in [0.4, 0.5) is 0 Å². The molecule has 0 atom stereocenters. The van der Waals surface area contributed by atoms with E-state index in [0.29, 0.717) is 5.95 Å². The third-order valence-corrected chi connectivity index (χ3v) is 13.1. The maximum absolute atomic E-state index is 5.58. The van der Waals surface area contributed by atoms with Gasteiger partial charge in [-0.05, 0) is 46.0 Å². The zero-order valence-electron chi connectivity index (χ0n) is 28.2. The average molecular weight is 710 g/mol. The van der Waals surface area contributed by atoms with Gasteiger partial charge < -0.3 is 0 Å². The molecule has 5 heteroatoms. The number of nitrogens with zero attached hydrogens (tertiary/aromatic N) is 3. The summed E-state index contributed by atoms with van der Waals surface area (Å²) in [6, 6.07) is 59.3. The first-order chi connectivity index (χ1) is 26.3. The van der Waals surface area contributed by atoms with Gasteiger partial charge in [-0.2, -0.15) is 0 Å². The molecule has 0 bridgehead atoms. The van der Waals surface area contributed by atoms with Crippen molar-refractivity contribution < 1.29 is 0 Å². The van der Waals surface area contributed by atoms with E-state index in [1.54, 1.807) is 11.3 Å². The summed E-state index contributed by atoms with van der Waals surface area (Å²) in [5.41, 5.74) is 7.59. The van der Waals surface area contributed by atoms with Gasteiger partial charge in [0.1, 0.15) is 0 Å². The van der Waals surface area contributed by atoms with Gasteiger partial charge in [-0.3, -0.25) is 4.57 Å². The minimum absolute atomic E-state index is 0.676. The molecule has 0 radical (unpaired) electrons. The maximum atomic E-state index is 5.58. The molecule has 246 valence electrons. The van der Waals surface area contributed by atoms with Gasteiger partial charge in [0.25, 0.3) is 0 Å². The van der Waals surface area contributed by atoms with Crippen LogP contribution in [0.1, 0.15) is 0 Å². The van der Waals surface area contributed by atoms with Gasteiger partial charge in [0.05, 0.1) is 26.9 Å². The Kier molecular flexibility index (Phi) is 6.09. The number of hydrogen-bond donors (Lipinski definition) is 0. The van der Waals surface area contributed by atoms with E-state index in [9.17, 15) is 0 Å². The lowest BCUT2D eigenvalue weighted by Gasteiger charge is -2.14. The highest BCUT2D eigenvalue weighted by Crippen LogP contribution is 2.47. The number of aromatic nitrogens is 3. The molecular formula is C48H27N3S2. The summed E-state index contributed by atoms with van der Waals surface area (Å²) in [5, 5.41) is 11.0. The van der Waals surface area contributed by atoms with Crippen molar-refractivity contribution in [3.05, 3.63) is 164 Å². The van der Waals surface area contributed by atoms with Gasteiger partial charge in [0.2, 0.25) is 5.95 Å². The average Bonchev–Trinajstić information content (AvgIpc) is 3.91. The maximum Gasteiger partial charge on any atom is 0.235 e. The summed E-state index contributed by atoms with van der Waals surface area (Å²) in [6.07, 6.45) is 0. The summed E-state index contributed by atoms with van der Waals surface area (Å²) in [7, 11) is 0. The highest BCUT2D eigenvalue weighted by atomic mass is 32.1. The van der Waals surface area contributed by atoms with Gasteiger partial charge in [0, 0.05) is 57.5 Å². The zero-order chi connectivity index (χ0) is 34.6. The highest BCUT2D eigenvalue weighted by Gasteiger charge is 2.25. The van der Waals surface area contributed by atoms with Crippen LogP contribution in [-0.4, -0.2) is 14.5 Å². The molecule has 4 heterocycles. The Hall–Kier alpha value is -6.40. The molecule has 0 amide bonds. The second-order valence-corrected chi connectivity index (χ2v) is 15.8. The second kappa shape index (κ2) is 11.1. The molecule has 0 spiro atoms. The monoisotopic (exact) mass is 709 g/mol. The first-order valence-electron chi connectivity index (χ1n) is 17.8. The molecule has 0 saturated carbocycles. The molecule has 12 aromatic rings. The van der Waals surface area contributed by atoms with Crippen LogP contribution < -0.4 is 0 Å². The molecule has 0 aliphatic heterocycles. The predicted molar refractivity (Wildman–Crippen MR) is 228 cm³/mol. The Labute approximate surface area is 311 Å². The van der Waals surface area contributed by atoms with E-state index in [1.165, 1.54) is 62.8 Å². The van der Waals surface area contributed by atoms with Crippen molar-refractivity contribution in [2.75, 3.05) is 0 Å². The quantitative estimate of drug-likeness (QED) is 0.171. The van der Waals surface area contributed by atoms with Crippen molar-refractivity contribution in [2.24, 2.45) is 0 Å². The third-order valence-electron chi connectivity index (χ3n) is 10.8. The second-order valence-electron chi connectivity index (χ2n) is 13.7. The number of rotatable bonds is 3. The minimum atomic E-state index is 0.676. The van der Waals surface area contributed by atoms with E-state index in [-0.39, 0.29) is 0 Å². The Bertz CT molecular complexity index is 3460. The molecule has 0 fully saturated rings. The summed E-state index contributed by atoms with van der Waals surface area (Å²) in [4.78, 5) is 11.1. The molecule has 0 aliphatic rings. The number of thiophene rings is 2. The lowest BCUT2D eigenvalue weighted by Crippen LogP contribution is -2.04. The van der Waals surface area contributed by atoms with Crippen molar-refractivity contribution in [2.45, 2.75) is 0 Å². The van der Waals surface area contributed by atoms with Crippen molar-refractivity contribution in [3.8, 4) is 28.3 Å². The first kappa shape index (κ1) is 29.2. The van der Waals surface area contributed by atoms with Gasteiger partial charge in [-0.25, -0.2) is 9.97 Å². The topological polar surface area (TPSA) is 30.7 Å². The standard InChI is InChI=1S/C48H27N3S2/c1-2-13-28(14-3-1)43-47-44(36-20-9-11-24-40(36)53-47)50-48(49-43)51-45-30(29-25-26-41-38(27-29)33-17-8-10-23-39(33)52-41)21-12-22-37(45)42-34-18-6-4-15-31(34)32-16-5-7-19-35(32)46(42)51/h1-27H. The molecule has 8 aromatic carbocycles. The molecule has 0 aliphatic carbocycles. The lowest BCUT2D eigenvalue weighted by atomic mass is 9.95. The van der Waals surface area contributed by atoms with Gasteiger partial charge in [-0.15, -0.1) is 22.7 Å². The molecule has 0 saturated heterocycles. The molecule has 0 unspecified atom stereocenters. The summed E-state index contributed by atoms with van der Waals surface area (Å²) in [5.74, 6) is 0.676. The van der Waals surface area contributed by atoms with Crippen LogP contribution in [0.3, 0.4) is 0 Å². The van der Waals surface area contributed by atoms with E-state index in [4.69, 9.17) is 9.97 Å². The van der Waals surface area contributed by atoms with Crippen LogP contribution in [-0.2, 0) is 0 Å². The van der Waals surface area contributed by atoms with Gasteiger partial charge in [-0.1, -0.05) is 140 Å². The molecule has 0 N–H and O–H groups in total. The lowest BCUT2D eigenvalue weighted by molar-refractivity contribution is 1.02. The fraction of sp³-hybridized carbons (Fsp3) is 0. The number of para-hydroxylation sites is 1. The van der Waals surface area contributed by atoms with Gasteiger partial charge in [0.15, 0.2) is 0 Å². The van der Waals surface area contributed by atoms with E-state index in [0.717, 1.165) is 43.5 Å². The van der Waals surface area contributed by atoms with E-state index >= 15 is 0 Å². The van der Waals surface area contributed by atoms with Crippen LogP contribution >= 0.6 is 22.7 Å². The SMILES string of the molecule is c1ccc(-c2nc(-n3c4c(-c5ccc6sc7ccccc7c6c5)cccc4c4c5ccccc5c5ccccc5c43)nc3c2sc2ccccc23)cc1. The molecule has 53 heavy (non-hydrogen) atoms. The zero-order valence-corrected chi connectivity index (χ0v) is 29.9. The Balaban J connectivity index is 1.30. The number of benzene rings is 8. The normalized spacial score (nSPS) is 12.2.